The molecule has 0 bridgehead atoms. The van der Waals surface area contributed by atoms with Crippen LogP contribution >= 0.6 is 0 Å². The molecule has 0 aliphatic heterocycles. The molecule has 0 aliphatic rings. The Morgan fingerprint density at radius 2 is 0.940 bits per heavy atom. The zero-order valence-corrected chi connectivity index (χ0v) is 26.9. The van der Waals surface area contributed by atoms with Crippen LogP contribution in [0.1, 0.15) is 0 Å². The van der Waals surface area contributed by atoms with Crippen LogP contribution in [0.5, 0.6) is 0 Å². The van der Waals surface area contributed by atoms with Crippen molar-refractivity contribution >= 4 is 43.7 Å². The average Bonchev–Trinajstić information content (AvgIpc) is 3.75. The van der Waals surface area contributed by atoms with Crippen LogP contribution in [0.2, 0.25) is 0 Å². The molecule has 50 heavy (non-hydrogen) atoms. The fourth-order valence-electron chi connectivity index (χ4n) is 7.10. The van der Waals surface area contributed by atoms with E-state index in [-0.39, 0.29) is 0 Å². The molecule has 0 radical (unpaired) electrons. The van der Waals surface area contributed by atoms with Crippen LogP contribution in [0.15, 0.2) is 174 Å². The van der Waals surface area contributed by atoms with Crippen molar-refractivity contribution in [2.45, 2.75) is 0 Å². The van der Waals surface area contributed by atoms with Gasteiger partial charge in [0, 0.05) is 43.9 Å². The second kappa shape index (κ2) is 11.4. The van der Waals surface area contributed by atoms with Gasteiger partial charge in [-0.15, -0.1) is 0 Å². The lowest BCUT2D eigenvalue weighted by molar-refractivity contribution is 0.671. The minimum Gasteiger partial charge on any atom is -0.454 e. The Labute approximate surface area is 287 Å². The Morgan fingerprint density at radius 1 is 0.380 bits per heavy atom. The fourth-order valence-corrected chi connectivity index (χ4v) is 7.10. The van der Waals surface area contributed by atoms with Crippen molar-refractivity contribution in [2.75, 3.05) is 0 Å². The molecule has 0 atom stereocenters. The third-order valence-electron chi connectivity index (χ3n) is 9.44. The van der Waals surface area contributed by atoms with Gasteiger partial charge in [-0.05, 0) is 47.5 Å². The van der Waals surface area contributed by atoms with Crippen molar-refractivity contribution in [2.24, 2.45) is 0 Å². The lowest BCUT2D eigenvalue weighted by Gasteiger charge is -2.12. The summed E-state index contributed by atoms with van der Waals surface area (Å²) in [4.78, 5) is 15.2. The number of para-hydroxylation sites is 2. The first-order valence-electron chi connectivity index (χ1n) is 16.7. The van der Waals surface area contributed by atoms with E-state index in [0.717, 1.165) is 71.9 Å². The molecule has 234 valence electrons. The van der Waals surface area contributed by atoms with Gasteiger partial charge in [0.15, 0.2) is 23.1 Å². The number of nitrogens with zero attached hydrogens (tertiary/aromatic N) is 4. The second-order valence-corrected chi connectivity index (χ2v) is 12.5. The SMILES string of the molecule is c1ccc(-c2cccc(-c3nc(-c4ccccc4)nc(-c4cccc(-n5c6ccccc6c6ccc7c8ccccc8oc7c65)c4)n3)c2)cc1. The van der Waals surface area contributed by atoms with Crippen molar-refractivity contribution in [1.82, 2.24) is 19.5 Å². The summed E-state index contributed by atoms with van der Waals surface area (Å²) in [5, 5.41) is 4.52. The molecular weight excluding hydrogens is 613 g/mol. The second-order valence-electron chi connectivity index (χ2n) is 12.5. The largest absolute Gasteiger partial charge is 0.454 e. The van der Waals surface area contributed by atoms with Crippen molar-refractivity contribution in [3.63, 3.8) is 0 Å². The Kier molecular flexibility index (Phi) is 6.42. The van der Waals surface area contributed by atoms with E-state index < -0.39 is 0 Å². The Balaban J connectivity index is 1.19. The van der Waals surface area contributed by atoms with Crippen LogP contribution in [-0.4, -0.2) is 19.5 Å². The number of hydrogen-bond acceptors (Lipinski definition) is 4. The van der Waals surface area contributed by atoms with Crippen molar-refractivity contribution < 1.29 is 4.42 Å². The van der Waals surface area contributed by atoms with Gasteiger partial charge in [0.05, 0.1) is 11.0 Å². The van der Waals surface area contributed by atoms with E-state index in [4.69, 9.17) is 19.4 Å². The maximum atomic E-state index is 6.59. The number of benzene rings is 7. The van der Waals surface area contributed by atoms with Gasteiger partial charge in [-0.2, -0.15) is 0 Å². The monoisotopic (exact) mass is 640 g/mol. The normalized spacial score (nSPS) is 11.6. The molecule has 0 spiro atoms. The number of hydrogen-bond donors (Lipinski definition) is 0. The highest BCUT2D eigenvalue weighted by molar-refractivity contribution is 6.21. The van der Waals surface area contributed by atoms with Gasteiger partial charge in [0.2, 0.25) is 0 Å². The van der Waals surface area contributed by atoms with E-state index in [9.17, 15) is 0 Å². The summed E-state index contributed by atoms with van der Waals surface area (Å²) >= 11 is 0. The zero-order chi connectivity index (χ0) is 33.0. The lowest BCUT2D eigenvalue weighted by Crippen LogP contribution is -2.01. The molecular formula is C45H28N4O. The first-order chi connectivity index (χ1) is 24.8. The predicted molar refractivity (Wildman–Crippen MR) is 203 cm³/mol. The molecule has 0 saturated carbocycles. The van der Waals surface area contributed by atoms with Gasteiger partial charge >= 0.3 is 0 Å². The highest BCUT2D eigenvalue weighted by Crippen LogP contribution is 2.40. The maximum absolute atomic E-state index is 6.59. The third-order valence-corrected chi connectivity index (χ3v) is 9.44. The van der Waals surface area contributed by atoms with Crippen LogP contribution in [0.25, 0.3) is 94.7 Å². The molecule has 0 N–H and O–H groups in total. The Morgan fingerprint density at radius 3 is 1.72 bits per heavy atom. The van der Waals surface area contributed by atoms with Gasteiger partial charge in [-0.1, -0.05) is 133 Å². The summed E-state index contributed by atoms with van der Waals surface area (Å²) < 4.78 is 8.90. The van der Waals surface area contributed by atoms with Crippen LogP contribution in [-0.2, 0) is 0 Å². The minimum atomic E-state index is 0.607. The van der Waals surface area contributed by atoms with Gasteiger partial charge in [-0.25, -0.2) is 15.0 Å². The van der Waals surface area contributed by atoms with Crippen LogP contribution in [0.4, 0.5) is 0 Å². The Hall–Kier alpha value is -6.85. The molecule has 5 heteroatoms. The summed E-state index contributed by atoms with van der Waals surface area (Å²) in [7, 11) is 0. The molecule has 0 saturated heterocycles. The van der Waals surface area contributed by atoms with Crippen LogP contribution < -0.4 is 0 Å². The van der Waals surface area contributed by atoms with E-state index >= 15 is 0 Å². The molecule has 0 aliphatic carbocycles. The van der Waals surface area contributed by atoms with Gasteiger partial charge in [-0.3, -0.25) is 0 Å². The van der Waals surface area contributed by atoms with Crippen molar-refractivity contribution in [1.29, 1.82) is 0 Å². The lowest BCUT2D eigenvalue weighted by atomic mass is 10.0. The van der Waals surface area contributed by atoms with Crippen LogP contribution in [0.3, 0.4) is 0 Å². The number of furan rings is 1. The molecule has 3 aromatic heterocycles. The molecule has 0 amide bonds. The Bertz CT molecular complexity index is 2870. The number of rotatable bonds is 5. The topological polar surface area (TPSA) is 56.7 Å². The standard InChI is InChI=1S/C45H28N4O/c1-3-13-29(14-4-1)31-17-11-18-32(27-31)44-46-43(30-15-5-2-6-16-30)47-45(48-44)33-19-12-20-34(28-33)49-39-23-9-7-21-35(39)37-25-26-38-36-22-8-10-24-40(36)50-42(38)41(37)49/h1-28H. The van der Waals surface area contributed by atoms with E-state index in [1.54, 1.807) is 0 Å². The van der Waals surface area contributed by atoms with Crippen molar-refractivity contribution in [3.05, 3.63) is 170 Å². The summed E-state index contributed by atoms with van der Waals surface area (Å²) in [6.45, 7) is 0. The quantitative estimate of drug-likeness (QED) is 0.188. The summed E-state index contributed by atoms with van der Waals surface area (Å²) in [6, 6.07) is 58.5. The van der Waals surface area contributed by atoms with E-state index in [1.807, 2.05) is 48.5 Å². The molecule has 0 unspecified atom stereocenters. The van der Waals surface area contributed by atoms with Crippen LogP contribution in [0, 0.1) is 0 Å². The third kappa shape index (κ3) is 4.60. The average molecular weight is 641 g/mol. The highest BCUT2D eigenvalue weighted by Gasteiger charge is 2.20. The molecule has 7 aromatic carbocycles. The summed E-state index contributed by atoms with van der Waals surface area (Å²) in [5.41, 5.74) is 9.89. The van der Waals surface area contributed by atoms with E-state index in [2.05, 4.69) is 126 Å². The van der Waals surface area contributed by atoms with E-state index in [0.29, 0.717) is 17.5 Å². The predicted octanol–water partition coefficient (Wildman–Crippen LogP) is 11.5. The summed E-state index contributed by atoms with van der Waals surface area (Å²) in [5.74, 6) is 1.86. The molecule has 3 heterocycles. The zero-order valence-electron chi connectivity index (χ0n) is 26.9. The molecule has 5 nitrogen and oxygen atoms in total. The van der Waals surface area contributed by atoms with Crippen molar-refractivity contribution in [3.8, 4) is 51.0 Å². The minimum absolute atomic E-state index is 0.607. The molecule has 0 fully saturated rings. The fraction of sp³-hybridized carbons (Fsp3) is 0. The van der Waals surface area contributed by atoms with Gasteiger partial charge in [0.25, 0.3) is 0 Å². The number of fused-ring (bicyclic) bond motifs is 7. The van der Waals surface area contributed by atoms with Gasteiger partial charge in [0.1, 0.15) is 5.58 Å². The maximum Gasteiger partial charge on any atom is 0.164 e. The first kappa shape index (κ1) is 28.2. The smallest absolute Gasteiger partial charge is 0.164 e. The highest BCUT2D eigenvalue weighted by atomic mass is 16.3. The van der Waals surface area contributed by atoms with E-state index in [1.165, 1.54) is 5.39 Å². The summed E-state index contributed by atoms with van der Waals surface area (Å²) in [6.07, 6.45) is 0. The number of aromatic nitrogens is 4. The first-order valence-corrected chi connectivity index (χ1v) is 16.7. The molecule has 10 rings (SSSR count). The molecule has 10 aromatic rings. The van der Waals surface area contributed by atoms with Gasteiger partial charge < -0.3 is 8.98 Å².